The lowest BCUT2D eigenvalue weighted by molar-refractivity contribution is -0.116. The van der Waals surface area contributed by atoms with Gasteiger partial charge in [-0.25, -0.2) is 8.42 Å². The number of rotatable bonds is 6. The van der Waals surface area contributed by atoms with Crippen LogP contribution in [0.2, 0.25) is 5.02 Å². The van der Waals surface area contributed by atoms with Crippen LogP contribution in [-0.4, -0.2) is 28.0 Å². The maximum absolute atomic E-state index is 12.9. The predicted octanol–water partition coefficient (Wildman–Crippen LogP) is 2.03. The summed E-state index contributed by atoms with van der Waals surface area (Å²) in [4.78, 5) is 11.4. The van der Waals surface area contributed by atoms with Crippen molar-refractivity contribution in [1.29, 1.82) is 0 Å². The van der Waals surface area contributed by atoms with Gasteiger partial charge in [0.2, 0.25) is 5.91 Å². The molecule has 0 saturated heterocycles. The molecule has 0 fully saturated rings. The minimum Gasteiger partial charge on any atom is -0.495 e. The Bertz CT molecular complexity index is 809. The Kier molecular flexibility index (Phi) is 5.12. The second kappa shape index (κ2) is 6.89. The molecule has 0 saturated carbocycles. The number of nitrogens with two attached hydrogens (primary N) is 1. The molecule has 0 aliphatic heterocycles. The smallest absolute Gasteiger partial charge is 0.264 e. The van der Waals surface area contributed by atoms with E-state index in [2.05, 4.69) is 0 Å². The zero-order valence-corrected chi connectivity index (χ0v) is 13.8. The first-order valence-electron chi connectivity index (χ1n) is 6.56. The lowest BCUT2D eigenvalue weighted by atomic mass is 10.3. The van der Waals surface area contributed by atoms with E-state index in [0.717, 1.165) is 4.31 Å². The number of methoxy groups -OCH3 is 1. The zero-order valence-electron chi connectivity index (χ0n) is 12.3. The van der Waals surface area contributed by atoms with E-state index in [1.54, 1.807) is 24.3 Å². The molecule has 0 aliphatic carbocycles. The third-order valence-electron chi connectivity index (χ3n) is 3.04. The van der Waals surface area contributed by atoms with E-state index in [-0.39, 0.29) is 16.3 Å². The first-order valence-corrected chi connectivity index (χ1v) is 8.37. The number of benzene rings is 2. The third kappa shape index (κ3) is 3.75. The van der Waals surface area contributed by atoms with Gasteiger partial charge in [-0.2, -0.15) is 0 Å². The normalized spacial score (nSPS) is 11.0. The molecule has 0 heterocycles. The molecule has 0 spiro atoms. The molecule has 0 aliphatic rings. The number of carbonyl (C=O) groups is 1. The molecule has 0 aromatic heterocycles. The van der Waals surface area contributed by atoms with E-state index in [0.29, 0.717) is 5.02 Å². The lowest BCUT2D eigenvalue weighted by Crippen LogP contribution is -2.38. The van der Waals surface area contributed by atoms with Gasteiger partial charge in [-0.1, -0.05) is 29.8 Å². The molecule has 2 N–H and O–H groups in total. The average Bonchev–Trinajstić information content (AvgIpc) is 2.53. The fraction of sp³-hybridized carbons (Fsp3) is 0.133. The Morgan fingerprint density at radius 2 is 1.87 bits per heavy atom. The Hall–Kier alpha value is -2.25. The van der Waals surface area contributed by atoms with Crippen LogP contribution in [0.25, 0.3) is 0 Å². The molecule has 122 valence electrons. The minimum absolute atomic E-state index is 0.0308. The van der Waals surface area contributed by atoms with E-state index >= 15 is 0 Å². The second-order valence-electron chi connectivity index (χ2n) is 4.61. The fourth-order valence-electron chi connectivity index (χ4n) is 2.02. The molecule has 0 atom stereocenters. The summed E-state index contributed by atoms with van der Waals surface area (Å²) in [6, 6.07) is 12.2. The van der Waals surface area contributed by atoms with Gasteiger partial charge in [-0.3, -0.25) is 9.10 Å². The van der Waals surface area contributed by atoms with Crippen molar-refractivity contribution in [2.45, 2.75) is 4.90 Å². The summed E-state index contributed by atoms with van der Waals surface area (Å²) in [5.74, 6) is -0.540. The number of carbonyl (C=O) groups excluding carboxylic acids is 1. The van der Waals surface area contributed by atoms with Gasteiger partial charge in [0.25, 0.3) is 10.0 Å². The first-order chi connectivity index (χ1) is 10.9. The molecule has 6 nitrogen and oxygen atoms in total. The number of hydrogen-bond acceptors (Lipinski definition) is 4. The summed E-state index contributed by atoms with van der Waals surface area (Å²) in [5, 5.41) is 0.304. The average molecular weight is 355 g/mol. The highest BCUT2D eigenvalue weighted by Crippen LogP contribution is 2.34. The SMILES string of the molecule is COc1ccc(Cl)cc1N(CC(N)=O)S(=O)(=O)c1ccccc1. The van der Waals surface area contributed by atoms with Crippen LogP contribution in [0.15, 0.2) is 53.4 Å². The number of sulfonamides is 1. The molecule has 0 radical (unpaired) electrons. The van der Waals surface area contributed by atoms with Crippen LogP contribution >= 0.6 is 11.6 Å². The molecule has 0 bridgehead atoms. The van der Waals surface area contributed by atoms with E-state index in [4.69, 9.17) is 22.1 Å². The number of nitrogens with zero attached hydrogens (tertiary/aromatic N) is 1. The van der Waals surface area contributed by atoms with Gasteiger partial charge < -0.3 is 10.5 Å². The Morgan fingerprint density at radius 3 is 2.43 bits per heavy atom. The molecule has 2 aromatic carbocycles. The standard InChI is InChI=1S/C15H15ClN2O4S/c1-22-14-8-7-11(16)9-13(14)18(10-15(17)19)23(20,21)12-5-3-2-4-6-12/h2-9H,10H2,1H3,(H2,17,19). The maximum atomic E-state index is 12.9. The Morgan fingerprint density at radius 1 is 1.22 bits per heavy atom. The molecule has 8 heteroatoms. The van der Waals surface area contributed by atoms with Gasteiger partial charge in [0.05, 0.1) is 17.7 Å². The Balaban J connectivity index is 2.63. The van der Waals surface area contributed by atoms with E-state index in [9.17, 15) is 13.2 Å². The van der Waals surface area contributed by atoms with Gasteiger partial charge >= 0.3 is 0 Å². The van der Waals surface area contributed by atoms with Crippen molar-refractivity contribution in [2.24, 2.45) is 5.73 Å². The van der Waals surface area contributed by atoms with Crippen molar-refractivity contribution < 1.29 is 17.9 Å². The summed E-state index contributed by atoms with van der Waals surface area (Å²) in [7, 11) is -2.61. The molecule has 1 amide bonds. The highest BCUT2D eigenvalue weighted by Gasteiger charge is 2.28. The van der Waals surface area contributed by atoms with Gasteiger partial charge in [0.15, 0.2) is 0 Å². The molecular formula is C15H15ClN2O4S. The van der Waals surface area contributed by atoms with Crippen molar-refractivity contribution in [3.05, 3.63) is 53.6 Å². The largest absolute Gasteiger partial charge is 0.495 e. The summed E-state index contributed by atoms with van der Waals surface area (Å²) in [6.07, 6.45) is 0. The van der Waals surface area contributed by atoms with Gasteiger partial charge in [-0.05, 0) is 30.3 Å². The highest BCUT2D eigenvalue weighted by molar-refractivity contribution is 7.92. The van der Waals surface area contributed by atoms with E-state index in [1.807, 2.05) is 0 Å². The molecule has 2 rings (SSSR count). The molecular weight excluding hydrogens is 340 g/mol. The molecule has 0 unspecified atom stereocenters. The summed E-state index contributed by atoms with van der Waals surface area (Å²) < 4.78 is 31.8. The summed E-state index contributed by atoms with van der Waals surface area (Å²) in [5.41, 5.74) is 5.36. The molecule has 23 heavy (non-hydrogen) atoms. The van der Waals surface area contributed by atoms with Crippen molar-refractivity contribution in [1.82, 2.24) is 0 Å². The van der Waals surface area contributed by atoms with Crippen molar-refractivity contribution in [3.8, 4) is 5.75 Å². The minimum atomic E-state index is -4.00. The number of anilines is 1. The van der Waals surface area contributed by atoms with Gasteiger partial charge in [0, 0.05) is 5.02 Å². The van der Waals surface area contributed by atoms with Crippen molar-refractivity contribution >= 4 is 33.2 Å². The van der Waals surface area contributed by atoms with Crippen molar-refractivity contribution in [3.63, 3.8) is 0 Å². The van der Waals surface area contributed by atoms with E-state index < -0.39 is 22.5 Å². The van der Waals surface area contributed by atoms with E-state index in [1.165, 1.54) is 31.4 Å². The van der Waals surface area contributed by atoms with Crippen LogP contribution in [0.4, 0.5) is 5.69 Å². The summed E-state index contributed by atoms with van der Waals surface area (Å²) in [6.45, 7) is -0.534. The van der Waals surface area contributed by atoms with Crippen LogP contribution in [0, 0.1) is 0 Å². The first kappa shape index (κ1) is 17.1. The topological polar surface area (TPSA) is 89.7 Å². The lowest BCUT2D eigenvalue weighted by Gasteiger charge is -2.25. The van der Waals surface area contributed by atoms with Crippen LogP contribution in [-0.2, 0) is 14.8 Å². The number of ether oxygens (including phenoxy) is 1. The zero-order chi connectivity index (χ0) is 17.0. The second-order valence-corrected chi connectivity index (χ2v) is 6.91. The monoisotopic (exact) mass is 354 g/mol. The number of hydrogen-bond donors (Lipinski definition) is 1. The quantitative estimate of drug-likeness (QED) is 0.859. The number of halogens is 1. The van der Waals surface area contributed by atoms with Crippen molar-refractivity contribution in [2.75, 3.05) is 18.0 Å². The van der Waals surface area contributed by atoms with Gasteiger partial charge in [0.1, 0.15) is 12.3 Å². The highest BCUT2D eigenvalue weighted by atomic mass is 35.5. The number of primary amides is 1. The van der Waals surface area contributed by atoms with Gasteiger partial charge in [-0.15, -0.1) is 0 Å². The Labute approximate surface area is 139 Å². The van der Waals surface area contributed by atoms with Crippen LogP contribution in [0.5, 0.6) is 5.75 Å². The van der Waals surface area contributed by atoms with Crippen LogP contribution in [0.3, 0.4) is 0 Å². The van der Waals surface area contributed by atoms with Crippen LogP contribution in [0.1, 0.15) is 0 Å². The van der Waals surface area contributed by atoms with Crippen LogP contribution < -0.4 is 14.8 Å². The maximum Gasteiger partial charge on any atom is 0.264 e. The third-order valence-corrected chi connectivity index (χ3v) is 5.05. The predicted molar refractivity (Wildman–Crippen MR) is 88.2 cm³/mol. The number of amides is 1. The molecule has 2 aromatic rings. The summed E-state index contributed by atoms with van der Waals surface area (Å²) >= 11 is 5.96. The fourth-order valence-corrected chi connectivity index (χ4v) is 3.64.